The van der Waals surface area contributed by atoms with Crippen LogP contribution in [-0.2, 0) is 16.4 Å². The third-order valence-corrected chi connectivity index (χ3v) is 6.16. The quantitative estimate of drug-likeness (QED) is 0.819. The molecule has 3 rings (SSSR count). The Morgan fingerprint density at radius 1 is 1.08 bits per heavy atom. The van der Waals surface area contributed by atoms with Crippen molar-refractivity contribution in [2.75, 3.05) is 7.05 Å². The van der Waals surface area contributed by atoms with Gasteiger partial charge in [-0.25, -0.2) is 8.42 Å². The molecule has 0 aliphatic heterocycles. The Bertz CT molecular complexity index is 863. The zero-order valence-corrected chi connectivity index (χ0v) is 14.1. The highest BCUT2D eigenvalue weighted by Gasteiger charge is 2.34. The molecular formula is C17H16F3NO3S. The standard InChI is InChI=1S/C17H16F3NO3S/c1-21(16-11-6-12-4-2-3-5-15(12)16)25(22,23)14-9-7-13(8-10-14)24-17(18,19)20/h2-5,7-10,16H,6,11H2,1H3. The third kappa shape index (κ3) is 3.64. The molecule has 0 spiro atoms. The molecule has 0 amide bonds. The summed E-state index contributed by atoms with van der Waals surface area (Å²) >= 11 is 0. The molecule has 8 heteroatoms. The van der Waals surface area contributed by atoms with Gasteiger partial charge in [0.25, 0.3) is 0 Å². The molecule has 1 unspecified atom stereocenters. The Morgan fingerprint density at radius 3 is 2.36 bits per heavy atom. The van der Waals surface area contributed by atoms with Gasteiger partial charge in [-0.05, 0) is 48.2 Å². The monoisotopic (exact) mass is 371 g/mol. The zero-order valence-electron chi connectivity index (χ0n) is 13.3. The van der Waals surface area contributed by atoms with Crippen LogP contribution in [0.1, 0.15) is 23.6 Å². The fourth-order valence-corrected chi connectivity index (χ4v) is 4.43. The SMILES string of the molecule is CN(C1CCc2ccccc21)S(=O)(=O)c1ccc(OC(F)(F)F)cc1. The molecule has 0 bridgehead atoms. The Labute approximate surface area is 143 Å². The Balaban J connectivity index is 1.84. The van der Waals surface area contributed by atoms with Crippen molar-refractivity contribution in [2.45, 2.75) is 30.1 Å². The second-order valence-electron chi connectivity index (χ2n) is 5.79. The van der Waals surface area contributed by atoms with Gasteiger partial charge in [0.1, 0.15) is 5.75 Å². The number of alkyl halides is 3. The molecule has 0 saturated carbocycles. The molecule has 1 aliphatic carbocycles. The van der Waals surface area contributed by atoms with E-state index in [1.807, 2.05) is 24.3 Å². The van der Waals surface area contributed by atoms with Crippen molar-refractivity contribution in [1.82, 2.24) is 4.31 Å². The lowest BCUT2D eigenvalue weighted by molar-refractivity contribution is -0.274. The van der Waals surface area contributed by atoms with Gasteiger partial charge in [-0.3, -0.25) is 0 Å². The number of hydrogen-bond acceptors (Lipinski definition) is 3. The van der Waals surface area contributed by atoms with Gasteiger partial charge in [0.2, 0.25) is 10.0 Å². The van der Waals surface area contributed by atoms with Gasteiger partial charge < -0.3 is 4.74 Å². The van der Waals surface area contributed by atoms with E-state index in [0.717, 1.165) is 41.8 Å². The average molecular weight is 371 g/mol. The summed E-state index contributed by atoms with van der Waals surface area (Å²) in [5, 5.41) is 0. The predicted molar refractivity (Wildman–Crippen MR) is 85.6 cm³/mol. The molecule has 0 fully saturated rings. The van der Waals surface area contributed by atoms with E-state index >= 15 is 0 Å². The number of halogens is 3. The zero-order chi connectivity index (χ0) is 18.2. The number of hydrogen-bond donors (Lipinski definition) is 0. The molecule has 0 N–H and O–H groups in total. The summed E-state index contributed by atoms with van der Waals surface area (Å²) in [4.78, 5) is -0.0751. The normalized spacial score (nSPS) is 17.6. The molecule has 0 radical (unpaired) electrons. The van der Waals surface area contributed by atoms with Gasteiger partial charge in [0.05, 0.1) is 10.9 Å². The summed E-state index contributed by atoms with van der Waals surface area (Å²) in [7, 11) is -2.34. The fraction of sp³-hybridized carbons (Fsp3) is 0.294. The highest BCUT2D eigenvalue weighted by Crippen LogP contribution is 2.37. The van der Waals surface area contributed by atoms with Crippen LogP contribution in [0.4, 0.5) is 13.2 Å². The second-order valence-corrected chi connectivity index (χ2v) is 7.79. The molecule has 2 aromatic rings. The van der Waals surface area contributed by atoms with Crippen LogP contribution in [-0.4, -0.2) is 26.1 Å². The van der Waals surface area contributed by atoms with Crippen molar-refractivity contribution in [3.8, 4) is 5.75 Å². The minimum Gasteiger partial charge on any atom is -0.406 e. The van der Waals surface area contributed by atoms with E-state index in [1.165, 1.54) is 11.4 Å². The van der Waals surface area contributed by atoms with Crippen LogP contribution in [0.2, 0.25) is 0 Å². The summed E-state index contributed by atoms with van der Waals surface area (Å²) in [5.74, 6) is -0.458. The van der Waals surface area contributed by atoms with Gasteiger partial charge in [0.15, 0.2) is 0 Å². The Morgan fingerprint density at radius 2 is 1.72 bits per heavy atom. The van der Waals surface area contributed by atoms with E-state index in [2.05, 4.69) is 4.74 Å². The fourth-order valence-electron chi connectivity index (χ4n) is 3.06. The van der Waals surface area contributed by atoms with Crippen molar-refractivity contribution in [3.05, 3.63) is 59.7 Å². The number of ether oxygens (including phenoxy) is 1. The van der Waals surface area contributed by atoms with Crippen molar-refractivity contribution in [2.24, 2.45) is 0 Å². The van der Waals surface area contributed by atoms with E-state index < -0.39 is 22.1 Å². The summed E-state index contributed by atoms with van der Waals surface area (Å²) in [6, 6.07) is 11.6. The van der Waals surface area contributed by atoms with Gasteiger partial charge in [0, 0.05) is 7.05 Å². The first-order valence-corrected chi connectivity index (χ1v) is 9.04. The topological polar surface area (TPSA) is 46.6 Å². The molecule has 134 valence electrons. The molecular weight excluding hydrogens is 355 g/mol. The maximum absolute atomic E-state index is 12.8. The van der Waals surface area contributed by atoms with Crippen LogP contribution >= 0.6 is 0 Å². The highest BCUT2D eigenvalue weighted by molar-refractivity contribution is 7.89. The van der Waals surface area contributed by atoms with Crippen LogP contribution in [0.25, 0.3) is 0 Å². The van der Waals surface area contributed by atoms with Gasteiger partial charge >= 0.3 is 6.36 Å². The Hall–Kier alpha value is -2.06. The molecule has 1 aliphatic rings. The molecule has 2 aromatic carbocycles. The smallest absolute Gasteiger partial charge is 0.406 e. The highest BCUT2D eigenvalue weighted by atomic mass is 32.2. The number of sulfonamides is 1. The first-order valence-electron chi connectivity index (χ1n) is 7.60. The third-order valence-electron chi connectivity index (χ3n) is 4.27. The maximum atomic E-state index is 12.8. The van der Waals surface area contributed by atoms with Gasteiger partial charge in [-0.15, -0.1) is 13.2 Å². The summed E-state index contributed by atoms with van der Waals surface area (Å²) in [5.41, 5.74) is 2.08. The second kappa shape index (κ2) is 6.34. The average Bonchev–Trinajstić information content (AvgIpc) is 2.97. The number of benzene rings is 2. The van der Waals surface area contributed by atoms with Crippen LogP contribution < -0.4 is 4.74 Å². The first-order chi connectivity index (χ1) is 11.7. The van der Waals surface area contributed by atoms with E-state index in [0.29, 0.717) is 6.42 Å². The van der Waals surface area contributed by atoms with Gasteiger partial charge in [-0.1, -0.05) is 24.3 Å². The maximum Gasteiger partial charge on any atom is 0.573 e. The summed E-state index contributed by atoms with van der Waals surface area (Å²) < 4.78 is 67.2. The lowest BCUT2D eigenvalue weighted by Gasteiger charge is -2.25. The number of fused-ring (bicyclic) bond motifs is 1. The van der Waals surface area contributed by atoms with Crippen LogP contribution in [0.5, 0.6) is 5.75 Å². The number of nitrogens with zero attached hydrogens (tertiary/aromatic N) is 1. The van der Waals surface area contributed by atoms with E-state index in [-0.39, 0.29) is 10.9 Å². The molecule has 0 saturated heterocycles. The number of rotatable bonds is 4. The van der Waals surface area contributed by atoms with Crippen LogP contribution in [0.15, 0.2) is 53.4 Å². The summed E-state index contributed by atoms with van der Waals surface area (Å²) in [6.07, 6.45) is -3.35. The van der Waals surface area contributed by atoms with Crippen LogP contribution in [0, 0.1) is 0 Å². The molecule has 0 aromatic heterocycles. The van der Waals surface area contributed by atoms with E-state index in [1.54, 1.807) is 0 Å². The molecule has 0 heterocycles. The molecule has 1 atom stereocenters. The largest absolute Gasteiger partial charge is 0.573 e. The van der Waals surface area contributed by atoms with Crippen molar-refractivity contribution in [3.63, 3.8) is 0 Å². The van der Waals surface area contributed by atoms with E-state index in [4.69, 9.17) is 0 Å². The van der Waals surface area contributed by atoms with Gasteiger partial charge in [-0.2, -0.15) is 4.31 Å². The predicted octanol–water partition coefficient (Wildman–Crippen LogP) is 3.89. The van der Waals surface area contributed by atoms with Crippen molar-refractivity contribution in [1.29, 1.82) is 0 Å². The minimum atomic E-state index is -4.81. The van der Waals surface area contributed by atoms with Crippen molar-refractivity contribution < 1.29 is 26.3 Å². The molecule has 25 heavy (non-hydrogen) atoms. The molecule has 4 nitrogen and oxygen atoms in total. The minimum absolute atomic E-state index is 0.0751. The lowest BCUT2D eigenvalue weighted by atomic mass is 10.1. The lowest BCUT2D eigenvalue weighted by Crippen LogP contribution is -2.30. The Kier molecular flexibility index (Phi) is 4.51. The van der Waals surface area contributed by atoms with E-state index in [9.17, 15) is 21.6 Å². The number of aryl methyl sites for hydroxylation is 1. The van der Waals surface area contributed by atoms with Crippen molar-refractivity contribution >= 4 is 10.0 Å². The first kappa shape index (κ1) is 17.8. The summed E-state index contributed by atoms with van der Waals surface area (Å²) in [6.45, 7) is 0. The van der Waals surface area contributed by atoms with Crippen LogP contribution in [0.3, 0.4) is 0 Å².